The predicted octanol–water partition coefficient (Wildman–Crippen LogP) is 3.84. The van der Waals surface area contributed by atoms with E-state index in [9.17, 15) is 18.8 Å². The summed E-state index contributed by atoms with van der Waals surface area (Å²) in [5.41, 5.74) is -0.953. The molecule has 3 aliphatic carbocycles. The fourth-order valence-corrected chi connectivity index (χ4v) is 4.92. The van der Waals surface area contributed by atoms with Crippen molar-refractivity contribution in [3.63, 3.8) is 0 Å². The normalized spacial score (nSPS) is 22.8. The number of hydrogen-bond acceptors (Lipinski definition) is 5. The van der Waals surface area contributed by atoms with Crippen molar-refractivity contribution >= 4 is 46.0 Å². The van der Waals surface area contributed by atoms with Crippen LogP contribution in [0, 0.1) is 5.82 Å². The van der Waals surface area contributed by atoms with Gasteiger partial charge in [-0.2, -0.15) is 0 Å². The van der Waals surface area contributed by atoms with E-state index in [1.165, 1.54) is 18.2 Å². The zero-order valence-electron chi connectivity index (χ0n) is 17.0. The molecule has 7 nitrogen and oxygen atoms in total. The molecule has 0 spiro atoms. The van der Waals surface area contributed by atoms with Gasteiger partial charge in [0.1, 0.15) is 17.1 Å². The minimum Gasteiger partial charge on any atom is -0.484 e. The summed E-state index contributed by atoms with van der Waals surface area (Å²) in [5.74, 6) is -1.37. The lowest BCUT2D eigenvalue weighted by molar-refractivity contribution is -0.141. The van der Waals surface area contributed by atoms with Crippen molar-refractivity contribution in [1.82, 2.24) is 10.6 Å². The van der Waals surface area contributed by atoms with Gasteiger partial charge in [0.15, 0.2) is 17.8 Å². The Morgan fingerprint density at radius 3 is 2.48 bits per heavy atom. The Balaban J connectivity index is 1.16. The molecule has 3 saturated carbocycles. The number of carbonyl (C=O) groups excluding carboxylic acids is 2. The second kappa shape index (κ2) is 7.74. The lowest BCUT2D eigenvalue weighted by Crippen LogP contribution is -2.84. The van der Waals surface area contributed by atoms with Crippen LogP contribution in [0.25, 0.3) is 11.0 Å². The summed E-state index contributed by atoms with van der Waals surface area (Å²) in [4.78, 5) is 37.2. The summed E-state index contributed by atoms with van der Waals surface area (Å²) in [6.07, 6.45) is 1.66. The second-order valence-corrected chi connectivity index (χ2v) is 9.42. The Morgan fingerprint density at radius 1 is 1.03 bits per heavy atom. The molecule has 3 fully saturated rings. The number of benzene rings is 2. The Labute approximate surface area is 196 Å². The van der Waals surface area contributed by atoms with Crippen LogP contribution >= 0.6 is 23.2 Å². The van der Waals surface area contributed by atoms with Crippen LogP contribution in [0.4, 0.5) is 4.39 Å². The highest BCUT2D eigenvalue weighted by Crippen LogP contribution is 2.60. The number of nitrogens with one attached hydrogen (secondary N) is 2. The fourth-order valence-electron chi connectivity index (χ4n) is 4.64. The van der Waals surface area contributed by atoms with Gasteiger partial charge in [0.25, 0.3) is 11.8 Å². The lowest BCUT2D eigenvalue weighted by Gasteiger charge is -2.70. The minimum atomic E-state index is -0.628. The number of hydrogen-bond donors (Lipinski definition) is 2. The molecule has 2 N–H and O–H groups in total. The summed E-state index contributed by atoms with van der Waals surface area (Å²) in [6, 6.07) is 9.71. The lowest BCUT2D eigenvalue weighted by atomic mass is 9.44. The number of ether oxygens (including phenoxy) is 1. The highest BCUT2D eigenvalue weighted by molar-refractivity contribution is 6.31. The van der Waals surface area contributed by atoms with E-state index in [0.29, 0.717) is 29.7 Å². The molecule has 3 aromatic rings. The molecule has 2 bridgehead atoms. The van der Waals surface area contributed by atoms with Gasteiger partial charge >= 0.3 is 0 Å². The third kappa shape index (κ3) is 4.05. The molecule has 0 saturated heterocycles. The Kier molecular flexibility index (Phi) is 5.10. The highest BCUT2D eigenvalue weighted by Gasteiger charge is 2.69. The van der Waals surface area contributed by atoms with Crippen molar-refractivity contribution in [1.29, 1.82) is 0 Å². The maximum Gasteiger partial charge on any atom is 0.287 e. The van der Waals surface area contributed by atoms with Crippen LogP contribution in [0.15, 0.2) is 51.7 Å². The number of fused-ring (bicyclic) bond motifs is 1. The predicted molar refractivity (Wildman–Crippen MR) is 119 cm³/mol. The topological polar surface area (TPSA) is 97.6 Å². The van der Waals surface area contributed by atoms with Crippen LogP contribution in [-0.2, 0) is 4.79 Å². The number of carbonyl (C=O) groups is 2. The van der Waals surface area contributed by atoms with Gasteiger partial charge in [-0.15, -0.1) is 0 Å². The molecule has 1 heterocycles. The van der Waals surface area contributed by atoms with Crippen molar-refractivity contribution in [2.24, 2.45) is 0 Å². The first kappa shape index (κ1) is 21.7. The van der Waals surface area contributed by atoms with E-state index in [4.69, 9.17) is 32.4 Å². The van der Waals surface area contributed by atoms with Gasteiger partial charge in [-0.25, -0.2) is 4.39 Å². The van der Waals surface area contributed by atoms with Crippen molar-refractivity contribution < 1.29 is 23.1 Å². The number of halogens is 3. The van der Waals surface area contributed by atoms with Crippen LogP contribution in [0.3, 0.4) is 0 Å². The Hall–Kier alpha value is -3.10. The van der Waals surface area contributed by atoms with Crippen LogP contribution < -0.4 is 20.8 Å². The standard InChI is InChI=1S/C23H17Cl2FN2O5/c24-12-1-3-14-17(29)7-19(33-18(14)5-12)21(31)28-23-9-22(10-23,11-23)27-20(30)8-32-13-2-4-15(25)16(26)6-13/h1-7H,8-11H2,(H,27,30)(H,28,31). The van der Waals surface area contributed by atoms with E-state index < -0.39 is 22.8 Å². The van der Waals surface area contributed by atoms with Crippen LogP contribution in [0.2, 0.25) is 10.0 Å². The highest BCUT2D eigenvalue weighted by atomic mass is 35.5. The Bertz CT molecular complexity index is 1350. The number of rotatable bonds is 6. The van der Waals surface area contributed by atoms with Gasteiger partial charge in [0.2, 0.25) is 0 Å². The van der Waals surface area contributed by atoms with E-state index in [0.717, 1.165) is 12.1 Å². The second-order valence-electron chi connectivity index (χ2n) is 8.57. The largest absolute Gasteiger partial charge is 0.484 e. The summed E-state index contributed by atoms with van der Waals surface area (Å²) < 4.78 is 24.3. The zero-order valence-corrected chi connectivity index (χ0v) is 18.6. The quantitative estimate of drug-likeness (QED) is 0.546. The molecule has 2 amide bonds. The summed E-state index contributed by atoms with van der Waals surface area (Å²) in [6.45, 7) is -0.271. The molecule has 2 aromatic carbocycles. The summed E-state index contributed by atoms with van der Waals surface area (Å²) in [7, 11) is 0. The fraction of sp³-hybridized carbons (Fsp3) is 0.261. The molecule has 170 valence electrons. The average molecular weight is 491 g/mol. The van der Waals surface area contributed by atoms with Gasteiger partial charge in [-0.1, -0.05) is 23.2 Å². The van der Waals surface area contributed by atoms with E-state index >= 15 is 0 Å². The average Bonchev–Trinajstić information content (AvgIpc) is 2.71. The van der Waals surface area contributed by atoms with Crippen molar-refractivity contribution in [3.05, 3.63) is 74.3 Å². The molecule has 0 aliphatic heterocycles. The Morgan fingerprint density at radius 2 is 1.76 bits per heavy atom. The molecule has 0 unspecified atom stereocenters. The maximum atomic E-state index is 13.5. The van der Waals surface area contributed by atoms with E-state index in [-0.39, 0.29) is 40.1 Å². The monoisotopic (exact) mass is 490 g/mol. The molecule has 10 heteroatoms. The molecular weight excluding hydrogens is 474 g/mol. The maximum absolute atomic E-state index is 13.5. The summed E-state index contributed by atoms with van der Waals surface area (Å²) >= 11 is 11.6. The van der Waals surface area contributed by atoms with Gasteiger partial charge in [0, 0.05) is 34.3 Å². The van der Waals surface area contributed by atoms with Crippen molar-refractivity contribution in [3.8, 4) is 5.75 Å². The van der Waals surface area contributed by atoms with E-state index in [1.54, 1.807) is 12.1 Å². The van der Waals surface area contributed by atoms with Crippen molar-refractivity contribution in [2.75, 3.05) is 6.61 Å². The molecule has 6 rings (SSSR count). The minimum absolute atomic E-state index is 0.0280. The van der Waals surface area contributed by atoms with E-state index in [2.05, 4.69) is 10.6 Å². The first-order valence-electron chi connectivity index (χ1n) is 10.1. The zero-order chi connectivity index (χ0) is 23.4. The third-order valence-corrected chi connectivity index (χ3v) is 6.53. The van der Waals surface area contributed by atoms with Gasteiger partial charge in [-0.3, -0.25) is 14.4 Å². The molecule has 0 radical (unpaired) electrons. The van der Waals surface area contributed by atoms with Gasteiger partial charge in [-0.05, 0) is 43.5 Å². The molecule has 33 heavy (non-hydrogen) atoms. The molecule has 0 atom stereocenters. The molecular formula is C23H17Cl2FN2O5. The van der Waals surface area contributed by atoms with E-state index in [1.807, 2.05) is 0 Å². The van der Waals surface area contributed by atoms with Gasteiger partial charge < -0.3 is 19.8 Å². The van der Waals surface area contributed by atoms with Crippen LogP contribution in [0.5, 0.6) is 5.75 Å². The van der Waals surface area contributed by atoms with Crippen LogP contribution in [-0.4, -0.2) is 29.5 Å². The molecule has 1 aromatic heterocycles. The summed E-state index contributed by atoms with van der Waals surface area (Å²) in [5, 5.41) is 6.52. The SMILES string of the molecule is O=C(COc1ccc(Cl)c(F)c1)NC12CC(NC(=O)c3cc(=O)c4ccc(Cl)cc4o3)(C1)C2. The molecule has 3 aliphatic rings. The first-order valence-corrected chi connectivity index (χ1v) is 10.9. The van der Waals surface area contributed by atoms with Gasteiger partial charge in [0.05, 0.1) is 10.4 Å². The first-order chi connectivity index (χ1) is 15.7. The van der Waals surface area contributed by atoms with Crippen molar-refractivity contribution in [2.45, 2.75) is 30.3 Å². The van der Waals surface area contributed by atoms with Crippen LogP contribution in [0.1, 0.15) is 29.8 Å². The number of amides is 2. The smallest absolute Gasteiger partial charge is 0.287 e. The third-order valence-electron chi connectivity index (χ3n) is 5.99.